The topological polar surface area (TPSA) is 86.3 Å². The van der Waals surface area contributed by atoms with Gasteiger partial charge in [0.15, 0.2) is 11.5 Å². The Morgan fingerprint density at radius 3 is 2.58 bits per heavy atom. The normalized spacial score (nSPS) is 10.8. The molecule has 0 atom stereocenters. The molecule has 0 unspecified atom stereocenters. The molecule has 3 aromatic rings. The Kier molecular flexibility index (Phi) is 2.56. The lowest BCUT2D eigenvalue weighted by Gasteiger charge is -2.07. The number of aromatic nitrogens is 2. The van der Waals surface area contributed by atoms with Gasteiger partial charge in [0.25, 0.3) is 6.01 Å². The molecular weight excluding hydrogens is 246 g/mol. The van der Waals surface area contributed by atoms with Crippen molar-refractivity contribution < 1.29 is 13.9 Å². The molecule has 6 nitrogen and oxygen atoms in total. The number of oxazole rings is 1. The number of nitrogens with two attached hydrogens (primary N) is 1. The molecule has 1 aromatic carbocycles. The summed E-state index contributed by atoms with van der Waals surface area (Å²) in [7, 11) is 3.20. The van der Waals surface area contributed by atoms with Crippen molar-refractivity contribution in [2.45, 2.75) is 0 Å². The molecule has 98 valence electrons. The smallest absolute Gasteiger partial charge is 0.292 e. The standard InChI is InChI=1S/C13H13N3O3/c1-17-11-3-7-8(10-6-19-13(14)16-10)5-15-9(7)4-12(11)18-2/h3-6,15H,1-2H3,(H2,14,16). The second-order valence-corrected chi connectivity index (χ2v) is 4.03. The maximum absolute atomic E-state index is 5.50. The van der Waals surface area contributed by atoms with Crippen molar-refractivity contribution in [1.29, 1.82) is 0 Å². The Morgan fingerprint density at radius 2 is 1.95 bits per heavy atom. The first-order chi connectivity index (χ1) is 9.22. The number of methoxy groups -OCH3 is 2. The minimum Gasteiger partial charge on any atom is -0.493 e. The van der Waals surface area contributed by atoms with E-state index in [1.54, 1.807) is 14.2 Å². The van der Waals surface area contributed by atoms with Gasteiger partial charge in [-0.2, -0.15) is 4.98 Å². The summed E-state index contributed by atoms with van der Waals surface area (Å²) in [6, 6.07) is 3.91. The quantitative estimate of drug-likeness (QED) is 0.754. The molecule has 0 radical (unpaired) electrons. The summed E-state index contributed by atoms with van der Waals surface area (Å²) in [6.07, 6.45) is 3.37. The molecule has 0 fully saturated rings. The predicted octanol–water partition coefficient (Wildman–Crippen LogP) is 2.42. The third-order valence-electron chi connectivity index (χ3n) is 2.98. The van der Waals surface area contributed by atoms with Gasteiger partial charge in [-0.1, -0.05) is 0 Å². The van der Waals surface area contributed by atoms with Crippen molar-refractivity contribution in [3.8, 4) is 22.8 Å². The van der Waals surface area contributed by atoms with Crippen LogP contribution in [0.2, 0.25) is 0 Å². The van der Waals surface area contributed by atoms with Crippen LogP contribution in [0.3, 0.4) is 0 Å². The SMILES string of the molecule is COc1cc2[nH]cc(-c3coc(N)n3)c2cc1OC. The number of aromatic amines is 1. The van der Waals surface area contributed by atoms with Gasteiger partial charge in [0.1, 0.15) is 12.0 Å². The summed E-state index contributed by atoms with van der Waals surface area (Å²) >= 11 is 0. The molecule has 3 rings (SSSR count). The highest BCUT2D eigenvalue weighted by Gasteiger charge is 2.14. The third-order valence-corrected chi connectivity index (χ3v) is 2.98. The monoisotopic (exact) mass is 259 g/mol. The van der Waals surface area contributed by atoms with Crippen molar-refractivity contribution in [1.82, 2.24) is 9.97 Å². The lowest BCUT2D eigenvalue weighted by Crippen LogP contribution is -1.90. The van der Waals surface area contributed by atoms with Crippen LogP contribution in [0.1, 0.15) is 0 Å². The van der Waals surface area contributed by atoms with E-state index in [2.05, 4.69) is 9.97 Å². The molecule has 19 heavy (non-hydrogen) atoms. The highest BCUT2D eigenvalue weighted by molar-refractivity contribution is 5.96. The lowest BCUT2D eigenvalue weighted by molar-refractivity contribution is 0.356. The molecule has 0 aliphatic rings. The van der Waals surface area contributed by atoms with E-state index in [9.17, 15) is 0 Å². The summed E-state index contributed by atoms with van der Waals surface area (Å²) < 4.78 is 15.6. The van der Waals surface area contributed by atoms with Gasteiger partial charge < -0.3 is 24.6 Å². The fourth-order valence-electron chi connectivity index (χ4n) is 2.07. The van der Waals surface area contributed by atoms with Gasteiger partial charge in [-0.3, -0.25) is 0 Å². The highest BCUT2D eigenvalue weighted by Crippen LogP contribution is 2.36. The first kappa shape index (κ1) is 11.5. The number of hydrogen-bond donors (Lipinski definition) is 2. The average molecular weight is 259 g/mol. The number of nitrogen functional groups attached to an aromatic ring is 1. The summed E-state index contributed by atoms with van der Waals surface area (Å²) in [5.74, 6) is 1.33. The second-order valence-electron chi connectivity index (χ2n) is 4.03. The van der Waals surface area contributed by atoms with Crippen LogP contribution < -0.4 is 15.2 Å². The van der Waals surface area contributed by atoms with Crippen LogP contribution in [0.4, 0.5) is 6.01 Å². The lowest BCUT2D eigenvalue weighted by atomic mass is 10.1. The number of anilines is 1. The minimum absolute atomic E-state index is 0.143. The molecule has 0 spiro atoms. The molecule has 0 saturated heterocycles. The van der Waals surface area contributed by atoms with Gasteiger partial charge in [0.05, 0.1) is 19.7 Å². The number of hydrogen-bond acceptors (Lipinski definition) is 5. The first-order valence-corrected chi connectivity index (χ1v) is 5.67. The Morgan fingerprint density at radius 1 is 1.21 bits per heavy atom. The third kappa shape index (κ3) is 1.77. The number of ether oxygens (including phenoxy) is 2. The van der Waals surface area contributed by atoms with Crippen molar-refractivity contribution in [2.75, 3.05) is 20.0 Å². The summed E-state index contributed by atoms with van der Waals surface area (Å²) in [5.41, 5.74) is 8.00. The van der Waals surface area contributed by atoms with Crippen molar-refractivity contribution in [2.24, 2.45) is 0 Å². The molecule has 0 aliphatic carbocycles. The van der Waals surface area contributed by atoms with E-state index in [-0.39, 0.29) is 6.01 Å². The van der Waals surface area contributed by atoms with Crippen LogP contribution in [0.15, 0.2) is 29.0 Å². The summed E-state index contributed by atoms with van der Waals surface area (Å²) in [5, 5.41) is 0.964. The minimum atomic E-state index is 0.143. The predicted molar refractivity (Wildman–Crippen MR) is 71.3 cm³/mol. The maximum Gasteiger partial charge on any atom is 0.292 e. The second kappa shape index (κ2) is 4.24. The maximum atomic E-state index is 5.50. The van der Waals surface area contributed by atoms with Crippen molar-refractivity contribution in [3.05, 3.63) is 24.6 Å². The molecule has 3 N–H and O–H groups in total. The van der Waals surface area contributed by atoms with Gasteiger partial charge in [0, 0.05) is 23.2 Å². The van der Waals surface area contributed by atoms with E-state index < -0.39 is 0 Å². The summed E-state index contributed by atoms with van der Waals surface area (Å²) in [4.78, 5) is 7.28. The van der Waals surface area contributed by atoms with Crippen LogP contribution in [-0.2, 0) is 0 Å². The van der Waals surface area contributed by atoms with Crippen molar-refractivity contribution >= 4 is 16.9 Å². The van der Waals surface area contributed by atoms with Crippen LogP contribution in [0.25, 0.3) is 22.2 Å². The zero-order valence-electron chi connectivity index (χ0n) is 10.6. The number of rotatable bonds is 3. The molecule has 6 heteroatoms. The number of benzene rings is 1. The molecule has 2 heterocycles. The molecule has 0 bridgehead atoms. The zero-order chi connectivity index (χ0) is 13.4. The first-order valence-electron chi connectivity index (χ1n) is 5.67. The van der Waals surface area contributed by atoms with Crippen LogP contribution in [0, 0.1) is 0 Å². The van der Waals surface area contributed by atoms with Crippen LogP contribution >= 0.6 is 0 Å². The molecule has 0 aliphatic heterocycles. The van der Waals surface area contributed by atoms with E-state index in [0.29, 0.717) is 17.2 Å². The summed E-state index contributed by atoms with van der Waals surface area (Å²) in [6.45, 7) is 0. The molecule has 0 saturated carbocycles. The highest BCUT2D eigenvalue weighted by atomic mass is 16.5. The number of fused-ring (bicyclic) bond motifs is 1. The average Bonchev–Trinajstić information content (AvgIpc) is 3.02. The Labute approximate surface area is 109 Å². The van der Waals surface area contributed by atoms with Gasteiger partial charge in [-0.05, 0) is 6.07 Å². The van der Waals surface area contributed by atoms with Gasteiger partial charge in [-0.25, -0.2) is 0 Å². The van der Waals surface area contributed by atoms with Crippen LogP contribution in [0.5, 0.6) is 11.5 Å². The van der Waals surface area contributed by atoms with Gasteiger partial charge >= 0.3 is 0 Å². The largest absolute Gasteiger partial charge is 0.493 e. The fourth-order valence-corrected chi connectivity index (χ4v) is 2.07. The van der Waals surface area contributed by atoms with Gasteiger partial charge in [0.2, 0.25) is 0 Å². The van der Waals surface area contributed by atoms with Crippen molar-refractivity contribution in [3.63, 3.8) is 0 Å². The fraction of sp³-hybridized carbons (Fsp3) is 0.154. The Balaban J connectivity index is 2.22. The van der Waals surface area contributed by atoms with Gasteiger partial charge in [-0.15, -0.1) is 0 Å². The molecular formula is C13H13N3O3. The number of H-pyrrole nitrogens is 1. The number of nitrogens with zero attached hydrogens (tertiary/aromatic N) is 1. The molecule has 2 aromatic heterocycles. The van der Waals surface area contributed by atoms with E-state index in [4.69, 9.17) is 19.6 Å². The van der Waals surface area contributed by atoms with E-state index in [0.717, 1.165) is 16.5 Å². The van der Waals surface area contributed by atoms with Crippen LogP contribution in [-0.4, -0.2) is 24.2 Å². The Hall–Kier alpha value is -2.63. The van der Waals surface area contributed by atoms with E-state index >= 15 is 0 Å². The van der Waals surface area contributed by atoms with E-state index in [1.807, 2.05) is 18.3 Å². The zero-order valence-corrected chi connectivity index (χ0v) is 10.6. The number of nitrogens with one attached hydrogen (secondary N) is 1. The van der Waals surface area contributed by atoms with E-state index in [1.165, 1.54) is 6.26 Å². The molecule has 0 amide bonds. The Bertz CT molecular complexity index is 730.